The summed E-state index contributed by atoms with van der Waals surface area (Å²) in [7, 11) is 1.75. The van der Waals surface area contributed by atoms with Crippen molar-refractivity contribution < 1.29 is 4.74 Å². The quantitative estimate of drug-likeness (QED) is 0.902. The molecule has 0 aliphatic carbocycles. The Morgan fingerprint density at radius 1 is 1.24 bits per heavy atom. The number of aromatic nitrogens is 2. The minimum absolute atomic E-state index is 0.0334. The fourth-order valence-electron chi connectivity index (χ4n) is 1.98. The van der Waals surface area contributed by atoms with E-state index < -0.39 is 0 Å². The number of aryl methyl sites for hydroxylation is 1. The normalized spacial score (nSPS) is 11.3. The van der Waals surface area contributed by atoms with E-state index in [1.54, 1.807) is 7.05 Å². The van der Waals surface area contributed by atoms with Gasteiger partial charge in [-0.2, -0.15) is 4.98 Å². The van der Waals surface area contributed by atoms with Gasteiger partial charge < -0.3 is 10.1 Å². The highest BCUT2D eigenvalue weighted by Crippen LogP contribution is 2.36. The molecule has 0 fully saturated rings. The molecule has 0 aliphatic rings. The van der Waals surface area contributed by atoms with Crippen LogP contribution >= 0.6 is 11.6 Å². The molecule has 0 unspecified atom stereocenters. The standard InChI is InChI=1S/C16H20ClN3O/c1-10-6-7-11(16(2,3)4)13(8-10)21-14-12(17)9-19-15(18-5)20-14/h6-9H,1-5H3,(H,18,19,20). The first kappa shape index (κ1) is 15.6. The predicted molar refractivity (Wildman–Crippen MR) is 86.5 cm³/mol. The third kappa shape index (κ3) is 3.64. The lowest BCUT2D eigenvalue weighted by Crippen LogP contribution is -2.13. The van der Waals surface area contributed by atoms with E-state index in [1.165, 1.54) is 6.20 Å². The van der Waals surface area contributed by atoms with Crippen molar-refractivity contribution >= 4 is 17.5 Å². The second kappa shape index (κ2) is 5.90. The summed E-state index contributed by atoms with van der Waals surface area (Å²) in [6, 6.07) is 6.16. The number of benzene rings is 1. The molecule has 1 aromatic heterocycles. The molecule has 112 valence electrons. The Hall–Kier alpha value is -1.81. The van der Waals surface area contributed by atoms with E-state index in [4.69, 9.17) is 16.3 Å². The minimum Gasteiger partial charge on any atom is -0.437 e. The van der Waals surface area contributed by atoms with Gasteiger partial charge in [0, 0.05) is 12.6 Å². The highest BCUT2D eigenvalue weighted by molar-refractivity contribution is 6.31. The van der Waals surface area contributed by atoms with Crippen molar-refractivity contribution in [1.29, 1.82) is 0 Å². The van der Waals surface area contributed by atoms with Crippen LogP contribution in [0, 0.1) is 6.92 Å². The molecule has 21 heavy (non-hydrogen) atoms. The van der Waals surface area contributed by atoms with Crippen molar-refractivity contribution in [2.75, 3.05) is 12.4 Å². The molecular formula is C16H20ClN3O. The van der Waals surface area contributed by atoms with Gasteiger partial charge in [0.15, 0.2) is 0 Å². The first-order valence-corrected chi connectivity index (χ1v) is 7.18. The lowest BCUT2D eigenvalue weighted by Gasteiger charge is -2.23. The molecule has 5 heteroatoms. The summed E-state index contributed by atoms with van der Waals surface area (Å²) in [4.78, 5) is 8.32. The first-order valence-electron chi connectivity index (χ1n) is 6.80. The average molecular weight is 306 g/mol. The summed E-state index contributed by atoms with van der Waals surface area (Å²) < 4.78 is 5.97. The highest BCUT2D eigenvalue weighted by atomic mass is 35.5. The molecule has 2 rings (SSSR count). The number of rotatable bonds is 3. The number of nitrogens with zero attached hydrogens (tertiary/aromatic N) is 2. The Kier molecular flexibility index (Phi) is 4.37. The van der Waals surface area contributed by atoms with Crippen LogP contribution in [0.2, 0.25) is 5.02 Å². The molecule has 0 saturated carbocycles. The third-order valence-corrected chi connectivity index (χ3v) is 3.35. The van der Waals surface area contributed by atoms with Gasteiger partial charge in [-0.05, 0) is 24.0 Å². The highest BCUT2D eigenvalue weighted by Gasteiger charge is 2.20. The molecule has 4 nitrogen and oxygen atoms in total. The molecule has 1 aromatic carbocycles. The minimum atomic E-state index is -0.0334. The van der Waals surface area contributed by atoms with E-state index in [9.17, 15) is 0 Å². The van der Waals surface area contributed by atoms with Crippen LogP contribution in [0.1, 0.15) is 31.9 Å². The van der Waals surface area contributed by atoms with Gasteiger partial charge in [0.2, 0.25) is 11.8 Å². The zero-order chi connectivity index (χ0) is 15.6. The number of nitrogens with one attached hydrogen (secondary N) is 1. The van der Waals surface area contributed by atoms with Crippen LogP contribution in [-0.2, 0) is 5.41 Å². The zero-order valence-electron chi connectivity index (χ0n) is 13.0. The maximum absolute atomic E-state index is 6.13. The van der Waals surface area contributed by atoms with Crippen LogP contribution in [0.5, 0.6) is 11.6 Å². The number of hydrogen-bond acceptors (Lipinski definition) is 4. The molecular weight excluding hydrogens is 286 g/mol. The summed E-state index contributed by atoms with van der Waals surface area (Å²) in [5, 5.41) is 3.26. The molecule has 0 bridgehead atoms. The number of ether oxygens (including phenoxy) is 1. The largest absolute Gasteiger partial charge is 0.437 e. The van der Waals surface area contributed by atoms with E-state index in [1.807, 2.05) is 13.0 Å². The van der Waals surface area contributed by atoms with Gasteiger partial charge in [0.1, 0.15) is 10.8 Å². The van der Waals surface area contributed by atoms with Gasteiger partial charge in [0.05, 0.1) is 6.20 Å². The van der Waals surface area contributed by atoms with Crippen LogP contribution in [0.15, 0.2) is 24.4 Å². The molecule has 0 atom stereocenters. The maximum atomic E-state index is 6.13. The Bertz CT molecular complexity index is 650. The second-order valence-electron chi connectivity index (χ2n) is 5.95. The summed E-state index contributed by atoms with van der Waals surface area (Å²) in [5.41, 5.74) is 2.19. The van der Waals surface area contributed by atoms with E-state index in [0.29, 0.717) is 16.9 Å². The summed E-state index contributed by atoms with van der Waals surface area (Å²) in [6.07, 6.45) is 1.53. The average Bonchev–Trinajstić information content (AvgIpc) is 2.40. The maximum Gasteiger partial charge on any atom is 0.243 e. The van der Waals surface area contributed by atoms with E-state index >= 15 is 0 Å². The molecule has 0 amide bonds. The molecule has 0 spiro atoms. The second-order valence-corrected chi connectivity index (χ2v) is 6.36. The lowest BCUT2D eigenvalue weighted by molar-refractivity contribution is 0.439. The summed E-state index contributed by atoms with van der Waals surface area (Å²) in [6.45, 7) is 8.46. The van der Waals surface area contributed by atoms with Crippen molar-refractivity contribution in [1.82, 2.24) is 9.97 Å². The molecule has 0 aliphatic heterocycles. The van der Waals surface area contributed by atoms with Crippen molar-refractivity contribution in [3.05, 3.63) is 40.5 Å². The van der Waals surface area contributed by atoms with E-state index in [0.717, 1.165) is 16.9 Å². The van der Waals surface area contributed by atoms with Crippen LogP contribution in [0.4, 0.5) is 5.95 Å². The van der Waals surface area contributed by atoms with Crippen LogP contribution in [0.3, 0.4) is 0 Å². The van der Waals surface area contributed by atoms with Gasteiger partial charge in [-0.1, -0.05) is 44.5 Å². The van der Waals surface area contributed by atoms with Crippen LogP contribution < -0.4 is 10.1 Å². The van der Waals surface area contributed by atoms with Crippen molar-refractivity contribution in [2.45, 2.75) is 33.1 Å². The zero-order valence-corrected chi connectivity index (χ0v) is 13.7. The molecule has 0 saturated heterocycles. The lowest BCUT2D eigenvalue weighted by atomic mass is 9.86. The van der Waals surface area contributed by atoms with Crippen molar-refractivity contribution in [3.63, 3.8) is 0 Å². The smallest absolute Gasteiger partial charge is 0.243 e. The Labute approximate surface area is 130 Å². The van der Waals surface area contributed by atoms with Gasteiger partial charge in [-0.25, -0.2) is 4.98 Å². The van der Waals surface area contributed by atoms with Gasteiger partial charge in [-0.15, -0.1) is 0 Å². The number of hydrogen-bond donors (Lipinski definition) is 1. The Morgan fingerprint density at radius 3 is 2.57 bits per heavy atom. The van der Waals surface area contributed by atoms with Crippen LogP contribution in [0.25, 0.3) is 0 Å². The van der Waals surface area contributed by atoms with E-state index in [2.05, 4.69) is 48.2 Å². The first-order chi connectivity index (χ1) is 9.81. The van der Waals surface area contributed by atoms with Crippen molar-refractivity contribution in [3.8, 4) is 11.6 Å². The van der Waals surface area contributed by atoms with E-state index in [-0.39, 0.29) is 5.41 Å². The SMILES string of the molecule is CNc1ncc(Cl)c(Oc2cc(C)ccc2C(C)(C)C)n1. The van der Waals surface area contributed by atoms with Crippen LogP contribution in [-0.4, -0.2) is 17.0 Å². The number of halogens is 1. The number of anilines is 1. The third-order valence-electron chi connectivity index (χ3n) is 3.09. The monoisotopic (exact) mass is 305 g/mol. The summed E-state index contributed by atoms with van der Waals surface area (Å²) >= 11 is 6.13. The molecule has 1 N–H and O–H groups in total. The fourth-order valence-corrected chi connectivity index (χ4v) is 2.11. The topological polar surface area (TPSA) is 47.0 Å². The van der Waals surface area contributed by atoms with Gasteiger partial charge in [-0.3, -0.25) is 0 Å². The molecule has 2 aromatic rings. The Balaban J connectivity index is 2.46. The van der Waals surface area contributed by atoms with Gasteiger partial charge >= 0.3 is 0 Å². The summed E-state index contributed by atoms with van der Waals surface area (Å²) in [5.74, 6) is 1.59. The predicted octanol–water partition coefficient (Wildman–Crippen LogP) is 4.57. The van der Waals surface area contributed by atoms with Crippen molar-refractivity contribution in [2.24, 2.45) is 0 Å². The van der Waals surface area contributed by atoms with Gasteiger partial charge in [0.25, 0.3) is 0 Å². The Morgan fingerprint density at radius 2 is 1.95 bits per heavy atom. The fraction of sp³-hybridized carbons (Fsp3) is 0.375. The molecule has 1 heterocycles. The molecule has 0 radical (unpaired) electrons.